The summed E-state index contributed by atoms with van der Waals surface area (Å²) in [5.74, 6) is 1.26. The largest absolute Gasteiger partial charge is 0.494 e. The number of ether oxygens (including phenoxy) is 1. The molecule has 0 unspecified atom stereocenters. The van der Waals surface area contributed by atoms with Gasteiger partial charge in [0.25, 0.3) is 0 Å². The highest BCUT2D eigenvalue weighted by atomic mass is 19.1. The second-order valence-corrected chi connectivity index (χ2v) is 9.63. The van der Waals surface area contributed by atoms with E-state index in [1.54, 1.807) is 11.0 Å². The Morgan fingerprint density at radius 1 is 1.00 bits per heavy atom. The Bertz CT molecular complexity index is 1640. The fraction of sp³-hybridized carbons (Fsp3) is 0.188. The molecule has 5 aromatic rings. The number of fused-ring (bicyclic) bond motifs is 3. The number of halogens is 1. The van der Waals surface area contributed by atoms with E-state index in [0.717, 1.165) is 34.2 Å². The van der Waals surface area contributed by atoms with E-state index in [1.165, 1.54) is 12.1 Å². The number of para-hydroxylation sites is 1. The lowest BCUT2D eigenvalue weighted by Crippen LogP contribution is -2.38. The van der Waals surface area contributed by atoms with Crippen LogP contribution >= 0.6 is 0 Å². The molecule has 2 aromatic heterocycles. The minimum Gasteiger partial charge on any atom is -0.494 e. The number of carbonyl (C=O) groups excluding carboxylic acids is 1. The van der Waals surface area contributed by atoms with Crippen LogP contribution in [0.4, 0.5) is 14.9 Å². The molecule has 0 aliphatic carbocycles. The predicted octanol–water partition coefficient (Wildman–Crippen LogP) is 6.90. The highest BCUT2D eigenvalue weighted by Crippen LogP contribution is 2.39. The van der Waals surface area contributed by atoms with Crippen molar-refractivity contribution in [3.05, 3.63) is 126 Å². The first-order valence-corrected chi connectivity index (χ1v) is 13.5. The first-order chi connectivity index (χ1) is 19.6. The summed E-state index contributed by atoms with van der Waals surface area (Å²) in [5, 5.41) is 8.04. The average molecular weight is 536 g/mol. The number of nitrogens with one attached hydrogen (secondary N) is 1. The Balaban J connectivity index is 1.50. The monoisotopic (exact) mass is 535 g/mol. The Kier molecular flexibility index (Phi) is 6.82. The first kappa shape index (κ1) is 25.4. The number of aromatic nitrogens is 3. The van der Waals surface area contributed by atoms with Gasteiger partial charge >= 0.3 is 6.03 Å². The van der Waals surface area contributed by atoms with E-state index in [0.29, 0.717) is 24.3 Å². The smallest absolute Gasteiger partial charge is 0.322 e. The van der Waals surface area contributed by atoms with Crippen LogP contribution in [0.3, 0.4) is 0 Å². The second-order valence-electron chi connectivity index (χ2n) is 9.63. The van der Waals surface area contributed by atoms with E-state index in [4.69, 9.17) is 9.84 Å². The molecule has 40 heavy (non-hydrogen) atoms. The van der Waals surface area contributed by atoms with Crippen molar-refractivity contribution >= 4 is 11.7 Å². The van der Waals surface area contributed by atoms with Gasteiger partial charge in [-0.1, -0.05) is 37.3 Å². The molecule has 0 saturated heterocycles. The number of aryl methyl sites for hydroxylation is 1. The maximum absolute atomic E-state index is 14.6. The maximum Gasteiger partial charge on any atom is 0.322 e. The average Bonchev–Trinajstić information content (AvgIpc) is 3.55. The molecule has 0 bridgehead atoms. The molecule has 2 amide bonds. The van der Waals surface area contributed by atoms with Crippen molar-refractivity contribution in [2.75, 3.05) is 11.9 Å². The van der Waals surface area contributed by atoms with Crippen molar-refractivity contribution < 1.29 is 13.9 Å². The molecule has 8 heteroatoms. The zero-order valence-electron chi connectivity index (χ0n) is 22.4. The molecule has 6 rings (SSSR count). The lowest BCUT2D eigenvalue weighted by Gasteiger charge is -2.31. The van der Waals surface area contributed by atoms with Gasteiger partial charge in [0, 0.05) is 17.4 Å². The molecule has 1 aliphatic heterocycles. The number of carbonyl (C=O) groups is 1. The lowest BCUT2D eigenvalue weighted by atomic mass is 10.0. The number of amides is 2. The molecule has 3 aromatic carbocycles. The molecule has 202 valence electrons. The number of hydrogen-bond donors (Lipinski definition) is 1. The van der Waals surface area contributed by atoms with Crippen LogP contribution in [0, 0.1) is 5.82 Å². The SMILES string of the molecule is CCOc1ccc(NC(=O)N2Cc3c(CC)nn(-c4ccccc4)c3-n3cccc3[C@@H]2c2cccc(F)c2)cc1. The van der Waals surface area contributed by atoms with Crippen molar-refractivity contribution in [3.63, 3.8) is 0 Å². The number of nitrogens with zero attached hydrogens (tertiary/aromatic N) is 4. The molecule has 0 radical (unpaired) electrons. The van der Waals surface area contributed by atoms with E-state index in [-0.39, 0.29) is 18.4 Å². The van der Waals surface area contributed by atoms with Crippen LogP contribution in [-0.2, 0) is 13.0 Å². The molecule has 1 atom stereocenters. The van der Waals surface area contributed by atoms with Gasteiger partial charge in [-0.3, -0.25) is 0 Å². The summed E-state index contributed by atoms with van der Waals surface area (Å²) in [5.41, 5.74) is 4.94. The van der Waals surface area contributed by atoms with Crippen molar-refractivity contribution in [2.24, 2.45) is 0 Å². The Morgan fingerprint density at radius 3 is 2.52 bits per heavy atom. The van der Waals surface area contributed by atoms with Crippen molar-refractivity contribution in [2.45, 2.75) is 32.9 Å². The zero-order chi connectivity index (χ0) is 27.6. The molecular weight excluding hydrogens is 505 g/mol. The van der Waals surface area contributed by atoms with E-state index >= 15 is 0 Å². The third kappa shape index (κ3) is 4.62. The molecule has 0 spiro atoms. The van der Waals surface area contributed by atoms with Crippen LogP contribution in [0.25, 0.3) is 11.5 Å². The summed E-state index contributed by atoms with van der Waals surface area (Å²) >= 11 is 0. The standard InChI is InChI=1S/C32H30FN5O2/c1-3-28-27-21-37(32(39)34-24-15-17-26(18-16-24)40-4-2)30(22-10-8-11-23(33)20-22)29-14-9-19-36(29)31(27)38(35-28)25-12-6-5-7-13-25/h5-20,30H,3-4,21H2,1-2H3,(H,34,39)/t30-/m0/s1. The molecule has 3 heterocycles. The summed E-state index contributed by atoms with van der Waals surface area (Å²) in [6, 6.07) is 26.8. The highest BCUT2D eigenvalue weighted by molar-refractivity contribution is 5.90. The quantitative estimate of drug-likeness (QED) is 0.257. The summed E-state index contributed by atoms with van der Waals surface area (Å²) in [6.45, 7) is 4.84. The van der Waals surface area contributed by atoms with E-state index in [2.05, 4.69) is 16.8 Å². The van der Waals surface area contributed by atoms with Crippen LogP contribution in [0.2, 0.25) is 0 Å². The van der Waals surface area contributed by atoms with Crippen molar-refractivity contribution in [3.8, 4) is 17.3 Å². The molecule has 1 aliphatic rings. The van der Waals surface area contributed by atoms with Gasteiger partial charge in [-0.2, -0.15) is 5.10 Å². The number of hydrogen-bond acceptors (Lipinski definition) is 3. The molecule has 7 nitrogen and oxygen atoms in total. The third-order valence-corrected chi connectivity index (χ3v) is 7.15. The normalized spacial score (nSPS) is 14.3. The first-order valence-electron chi connectivity index (χ1n) is 13.5. The number of benzene rings is 3. The Hall–Kier alpha value is -4.85. The van der Waals surface area contributed by atoms with Gasteiger partial charge in [0.05, 0.1) is 36.3 Å². The van der Waals surface area contributed by atoms with Gasteiger partial charge in [-0.25, -0.2) is 13.9 Å². The van der Waals surface area contributed by atoms with Crippen LogP contribution in [-0.4, -0.2) is 31.9 Å². The van der Waals surface area contributed by atoms with Crippen molar-refractivity contribution in [1.82, 2.24) is 19.2 Å². The minimum atomic E-state index is -0.547. The topological polar surface area (TPSA) is 64.3 Å². The molecule has 0 fully saturated rings. The minimum absolute atomic E-state index is 0.289. The molecule has 0 saturated carbocycles. The third-order valence-electron chi connectivity index (χ3n) is 7.15. The lowest BCUT2D eigenvalue weighted by molar-refractivity contribution is 0.194. The second kappa shape index (κ2) is 10.7. The molecular formula is C32H30FN5O2. The highest BCUT2D eigenvalue weighted by Gasteiger charge is 2.36. The van der Waals surface area contributed by atoms with Gasteiger partial charge in [-0.05, 0) is 79.6 Å². The van der Waals surface area contributed by atoms with E-state index in [9.17, 15) is 9.18 Å². The van der Waals surface area contributed by atoms with Gasteiger partial charge in [0.2, 0.25) is 0 Å². The van der Waals surface area contributed by atoms with Gasteiger partial charge in [0.1, 0.15) is 17.4 Å². The number of rotatable bonds is 6. The van der Waals surface area contributed by atoms with Crippen molar-refractivity contribution in [1.29, 1.82) is 0 Å². The fourth-order valence-electron chi connectivity index (χ4n) is 5.37. The summed E-state index contributed by atoms with van der Waals surface area (Å²) < 4.78 is 24.1. The van der Waals surface area contributed by atoms with E-state index in [1.807, 2.05) is 90.6 Å². The fourth-order valence-corrected chi connectivity index (χ4v) is 5.37. The Morgan fingerprint density at radius 2 is 1.80 bits per heavy atom. The summed E-state index contributed by atoms with van der Waals surface area (Å²) in [6.07, 6.45) is 2.67. The summed E-state index contributed by atoms with van der Waals surface area (Å²) in [7, 11) is 0. The van der Waals surface area contributed by atoms with Crippen LogP contribution in [0.1, 0.15) is 42.4 Å². The zero-order valence-corrected chi connectivity index (χ0v) is 22.4. The summed E-state index contributed by atoms with van der Waals surface area (Å²) in [4.78, 5) is 15.8. The van der Waals surface area contributed by atoms with E-state index < -0.39 is 6.04 Å². The number of anilines is 1. The predicted molar refractivity (Wildman–Crippen MR) is 153 cm³/mol. The van der Waals surface area contributed by atoms with Gasteiger partial charge in [0.15, 0.2) is 0 Å². The molecule has 1 N–H and O–H groups in total. The van der Waals surface area contributed by atoms with Gasteiger partial charge in [-0.15, -0.1) is 0 Å². The van der Waals surface area contributed by atoms with Crippen LogP contribution < -0.4 is 10.1 Å². The maximum atomic E-state index is 14.6. The van der Waals surface area contributed by atoms with Crippen LogP contribution in [0.5, 0.6) is 5.75 Å². The van der Waals surface area contributed by atoms with Gasteiger partial charge < -0.3 is 19.5 Å². The Labute approximate surface area is 232 Å². The van der Waals surface area contributed by atoms with Crippen LogP contribution in [0.15, 0.2) is 97.2 Å². The number of urea groups is 1.